The number of rotatable bonds is 1. The lowest BCUT2D eigenvalue weighted by Crippen LogP contribution is -2.08. The molecule has 0 saturated heterocycles. The fraction of sp³-hybridized carbons (Fsp3) is 0.0769. The van der Waals surface area contributed by atoms with Crippen molar-refractivity contribution < 1.29 is 13.2 Å². The molecular weight excluding hydrogens is 340 g/mol. The lowest BCUT2D eigenvalue weighted by Gasteiger charge is -2.12. The second-order valence-corrected chi connectivity index (χ2v) is 4.61. The topological polar surface area (TPSA) is 0 Å². The molecule has 0 unspecified atom stereocenters. The van der Waals surface area contributed by atoms with Crippen LogP contribution in [0.2, 0.25) is 0 Å². The van der Waals surface area contributed by atoms with Gasteiger partial charge in [-0.1, -0.05) is 42.5 Å². The van der Waals surface area contributed by atoms with Gasteiger partial charge in [-0.25, -0.2) is 0 Å². The van der Waals surface area contributed by atoms with Gasteiger partial charge in [-0.15, -0.1) is 0 Å². The zero-order chi connectivity index (χ0) is 12.5. The second-order valence-electron chi connectivity index (χ2n) is 3.53. The summed E-state index contributed by atoms with van der Waals surface area (Å²) in [5.74, 6) is 0. The van der Waals surface area contributed by atoms with Crippen molar-refractivity contribution in [1.29, 1.82) is 0 Å². The molecule has 88 valence electrons. The van der Waals surface area contributed by atoms with E-state index in [0.29, 0.717) is 5.56 Å². The fourth-order valence-electron chi connectivity index (χ4n) is 1.59. The van der Waals surface area contributed by atoms with Gasteiger partial charge in [0.05, 0.1) is 5.56 Å². The molecule has 0 amide bonds. The number of hydrogen-bond donors (Lipinski definition) is 0. The molecule has 0 aromatic heterocycles. The predicted molar refractivity (Wildman–Crippen MR) is 69.6 cm³/mol. The molecule has 17 heavy (non-hydrogen) atoms. The molecule has 2 aromatic rings. The van der Waals surface area contributed by atoms with Crippen LogP contribution in [0, 0.1) is 3.57 Å². The van der Waals surface area contributed by atoms with Crippen LogP contribution < -0.4 is 0 Å². The molecule has 0 aliphatic heterocycles. The van der Waals surface area contributed by atoms with Gasteiger partial charge in [0, 0.05) is 3.57 Å². The van der Waals surface area contributed by atoms with E-state index in [-0.39, 0.29) is 3.57 Å². The fourth-order valence-corrected chi connectivity index (χ4v) is 2.57. The highest BCUT2D eigenvalue weighted by Gasteiger charge is 2.33. The molecule has 4 heteroatoms. The van der Waals surface area contributed by atoms with E-state index in [1.807, 2.05) is 18.2 Å². The summed E-state index contributed by atoms with van der Waals surface area (Å²) in [7, 11) is 0. The standard InChI is InChI=1S/C13H8F3I/c14-13(15,16)11-8-4-7-10(12(11)17)9-5-2-1-3-6-9/h1-8H. The maximum absolute atomic E-state index is 12.7. The Kier molecular flexibility index (Phi) is 3.42. The third-order valence-electron chi connectivity index (χ3n) is 2.39. The van der Waals surface area contributed by atoms with Gasteiger partial charge in [-0.05, 0) is 39.8 Å². The molecule has 0 fully saturated rings. The zero-order valence-corrected chi connectivity index (χ0v) is 10.8. The maximum atomic E-state index is 12.7. The molecule has 2 aromatic carbocycles. The lowest BCUT2D eigenvalue weighted by molar-refractivity contribution is -0.138. The van der Waals surface area contributed by atoms with Gasteiger partial charge in [0.15, 0.2) is 0 Å². The monoisotopic (exact) mass is 348 g/mol. The number of halogens is 4. The van der Waals surface area contributed by atoms with Crippen molar-refractivity contribution in [1.82, 2.24) is 0 Å². The van der Waals surface area contributed by atoms with Crippen molar-refractivity contribution in [3.05, 3.63) is 57.7 Å². The largest absolute Gasteiger partial charge is 0.417 e. The van der Waals surface area contributed by atoms with Gasteiger partial charge in [0.1, 0.15) is 0 Å². The average molecular weight is 348 g/mol. The average Bonchev–Trinajstić information content (AvgIpc) is 2.29. The van der Waals surface area contributed by atoms with E-state index < -0.39 is 11.7 Å². The third kappa shape index (κ3) is 2.62. The molecule has 0 saturated carbocycles. The number of hydrogen-bond acceptors (Lipinski definition) is 0. The van der Waals surface area contributed by atoms with Crippen LogP contribution in [0.1, 0.15) is 5.56 Å². The lowest BCUT2D eigenvalue weighted by atomic mass is 10.0. The molecule has 0 N–H and O–H groups in total. The van der Waals surface area contributed by atoms with Crippen LogP contribution in [0.15, 0.2) is 48.5 Å². The molecular formula is C13H8F3I. The predicted octanol–water partition coefficient (Wildman–Crippen LogP) is 4.98. The Hall–Kier alpha value is -1.04. The van der Waals surface area contributed by atoms with Crippen molar-refractivity contribution in [2.24, 2.45) is 0 Å². The van der Waals surface area contributed by atoms with Crippen molar-refractivity contribution in [3.63, 3.8) is 0 Å². The molecule has 0 spiro atoms. The van der Waals surface area contributed by atoms with Gasteiger partial charge in [-0.3, -0.25) is 0 Å². The molecule has 0 aliphatic carbocycles. The van der Waals surface area contributed by atoms with E-state index in [1.165, 1.54) is 6.07 Å². The van der Waals surface area contributed by atoms with Gasteiger partial charge in [0.2, 0.25) is 0 Å². The van der Waals surface area contributed by atoms with Gasteiger partial charge in [0.25, 0.3) is 0 Å². The van der Waals surface area contributed by atoms with Crippen molar-refractivity contribution >= 4 is 22.6 Å². The molecule has 0 radical (unpaired) electrons. The number of benzene rings is 2. The summed E-state index contributed by atoms with van der Waals surface area (Å²) in [6.45, 7) is 0. The first-order valence-corrected chi connectivity index (χ1v) is 5.99. The highest BCUT2D eigenvalue weighted by Crippen LogP contribution is 2.37. The molecule has 0 heterocycles. The van der Waals surface area contributed by atoms with E-state index in [2.05, 4.69) is 0 Å². The third-order valence-corrected chi connectivity index (χ3v) is 3.55. The first-order chi connectivity index (χ1) is 8.00. The Morgan fingerprint density at radius 2 is 1.47 bits per heavy atom. The van der Waals surface area contributed by atoms with Crippen LogP contribution in [0.25, 0.3) is 11.1 Å². The normalized spacial score (nSPS) is 11.5. The molecule has 0 aliphatic rings. The molecule has 0 nitrogen and oxygen atoms in total. The highest BCUT2D eigenvalue weighted by atomic mass is 127. The second kappa shape index (κ2) is 4.68. The van der Waals surface area contributed by atoms with Crippen LogP contribution in [0.5, 0.6) is 0 Å². The van der Waals surface area contributed by atoms with Crippen LogP contribution in [-0.2, 0) is 6.18 Å². The molecule has 2 rings (SSSR count). The zero-order valence-electron chi connectivity index (χ0n) is 8.63. The Morgan fingerprint density at radius 3 is 2.06 bits per heavy atom. The van der Waals surface area contributed by atoms with E-state index in [1.54, 1.807) is 40.8 Å². The van der Waals surface area contributed by atoms with Crippen molar-refractivity contribution in [2.75, 3.05) is 0 Å². The Morgan fingerprint density at radius 1 is 0.824 bits per heavy atom. The van der Waals surface area contributed by atoms with Crippen molar-refractivity contribution in [3.8, 4) is 11.1 Å². The van der Waals surface area contributed by atoms with Crippen LogP contribution in [0.3, 0.4) is 0 Å². The Bertz CT molecular complexity index is 518. The Labute approximate surface area is 111 Å². The summed E-state index contributed by atoms with van der Waals surface area (Å²) in [6, 6.07) is 13.3. The summed E-state index contributed by atoms with van der Waals surface area (Å²) in [4.78, 5) is 0. The quantitative estimate of drug-likeness (QED) is 0.638. The minimum Gasteiger partial charge on any atom is -0.166 e. The summed E-state index contributed by atoms with van der Waals surface area (Å²) in [6.07, 6.45) is -4.30. The van der Waals surface area contributed by atoms with E-state index in [4.69, 9.17) is 0 Å². The highest BCUT2D eigenvalue weighted by molar-refractivity contribution is 14.1. The first-order valence-electron chi connectivity index (χ1n) is 4.91. The SMILES string of the molecule is FC(F)(F)c1cccc(-c2ccccc2)c1I. The van der Waals surface area contributed by atoms with Crippen LogP contribution >= 0.6 is 22.6 Å². The first kappa shape index (κ1) is 12.4. The summed E-state index contributed by atoms with van der Waals surface area (Å²) in [5.41, 5.74) is 0.823. The molecule has 0 bridgehead atoms. The smallest absolute Gasteiger partial charge is 0.166 e. The van der Waals surface area contributed by atoms with E-state index in [0.717, 1.165) is 11.6 Å². The summed E-state index contributed by atoms with van der Waals surface area (Å²) >= 11 is 1.75. The molecule has 0 atom stereocenters. The van der Waals surface area contributed by atoms with E-state index in [9.17, 15) is 13.2 Å². The minimum absolute atomic E-state index is 0.240. The minimum atomic E-state index is -4.30. The Balaban J connectivity index is 2.58. The van der Waals surface area contributed by atoms with Crippen LogP contribution in [0.4, 0.5) is 13.2 Å². The van der Waals surface area contributed by atoms with Gasteiger partial charge in [-0.2, -0.15) is 13.2 Å². The van der Waals surface area contributed by atoms with E-state index >= 15 is 0 Å². The summed E-state index contributed by atoms with van der Waals surface area (Å²) in [5, 5.41) is 0. The number of alkyl halides is 3. The maximum Gasteiger partial charge on any atom is 0.417 e. The van der Waals surface area contributed by atoms with Gasteiger partial charge >= 0.3 is 6.18 Å². The summed E-state index contributed by atoms with van der Waals surface area (Å²) < 4.78 is 38.5. The van der Waals surface area contributed by atoms with Gasteiger partial charge < -0.3 is 0 Å². The van der Waals surface area contributed by atoms with Crippen LogP contribution in [-0.4, -0.2) is 0 Å². The van der Waals surface area contributed by atoms with Crippen molar-refractivity contribution in [2.45, 2.75) is 6.18 Å².